The van der Waals surface area contributed by atoms with Crippen molar-refractivity contribution in [3.63, 3.8) is 0 Å². The number of anilines is 1. The van der Waals surface area contributed by atoms with E-state index < -0.39 is 5.97 Å². The number of aliphatic carboxylic acids is 1. The maximum Gasteiger partial charge on any atom is 0.306 e. The molecule has 2 unspecified atom stereocenters. The highest BCUT2D eigenvalue weighted by molar-refractivity contribution is 5.70. The summed E-state index contributed by atoms with van der Waals surface area (Å²) in [5, 5.41) is 24.9. The van der Waals surface area contributed by atoms with E-state index in [1.165, 1.54) is 0 Å². The van der Waals surface area contributed by atoms with Crippen molar-refractivity contribution in [3.8, 4) is 17.1 Å². The zero-order valence-electron chi connectivity index (χ0n) is 20.4. The summed E-state index contributed by atoms with van der Waals surface area (Å²) in [5.41, 5.74) is 2.79. The summed E-state index contributed by atoms with van der Waals surface area (Å²) >= 11 is 0. The number of hydrogen-bond donors (Lipinski definition) is 2. The monoisotopic (exact) mass is 485 g/mol. The van der Waals surface area contributed by atoms with E-state index in [1.807, 2.05) is 26.0 Å². The highest BCUT2D eigenvalue weighted by Gasteiger charge is 2.28. The molecule has 2 N–H and O–H groups in total. The molecule has 1 aliphatic carbocycles. The average Bonchev–Trinajstić information content (AvgIpc) is 3.46. The Morgan fingerprint density at radius 2 is 2.17 bits per heavy atom. The van der Waals surface area contributed by atoms with E-state index in [0.717, 1.165) is 25.0 Å². The molecule has 0 saturated heterocycles. The lowest BCUT2D eigenvalue weighted by molar-refractivity contribution is -0.143. The Bertz CT molecular complexity index is 1160. The number of hydrogen-bond acceptors (Lipinski definition) is 10. The minimum Gasteiger partial charge on any atom is -0.489 e. The van der Waals surface area contributed by atoms with Crippen molar-refractivity contribution in [2.45, 2.75) is 64.7 Å². The zero-order chi connectivity index (χ0) is 24.9. The summed E-state index contributed by atoms with van der Waals surface area (Å²) in [5.74, 6) is 0.308. The molecule has 0 aliphatic heterocycles. The molecule has 188 valence electrons. The standard InChI is InChI=1S/C23H31N7O5/c1-5-18(33-4)21-26-23(28-35-21)24-12-17-20(27-29-30(17)3)16-9-10-19(13(2)25-16)34-15-8-6-7-14(11-15)22(31)32/h9-10,14-15,18H,5-8,11-12H2,1-4H3,(H,24,28)(H,31,32)/t14-,15?,18?/m0/s1. The van der Waals surface area contributed by atoms with Crippen LogP contribution >= 0.6 is 0 Å². The summed E-state index contributed by atoms with van der Waals surface area (Å²) in [4.78, 5) is 20.4. The number of rotatable bonds is 10. The molecule has 0 radical (unpaired) electrons. The fourth-order valence-corrected chi connectivity index (χ4v) is 4.28. The van der Waals surface area contributed by atoms with Crippen LogP contribution in [0.25, 0.3) is 11.4 Å². The second kappa shape index (κ2) is 10.8. The number of pyridine rings is 1. The molecule has 0 aromatic carbocycles. The van der Waals surface area contributed by atoms with Gasteiger partial charge in [0.15, 0.2) is 0 Å². The van der Waals surface area contributed by atoms with Gasteiger partial charge >= 0.3 is 5.97 Å². The summed E-state index contributed by atoms with van der Waals surface area (Å²) in [6.07, 6.45) is 3.24. The highest BCUT2D eigenvalue weighted by Crippen LogP contribution is 2.30. The first-order valence-corrected chi connectivity index (χ1v) is 11.8. The number of aromatic nitrogens is 6. The molecule has 1 fully saturated rings. The van der Waals surface area contributed by atoms with Gasteiger partial charge < -0.3 is 24.4 Å². The molecule has 12 nitrogen and oxygen atoms in total. The van der Waals surface area contributed by atoms with Gasteiger partial charge in [-0.3, -0.25) is 4.79 Å². The molecule has 35 heavy (non-hydrogen) atoms. The van der Waals surface area contributed by atoms with Gasteiger partial charge in [0.2, 0.25) is 0 Å². The van der Waals surface area contributed by atoms with Crippen LogP contribution in [0.5, 0.6) is 5.75 Å². The molecule has 3 aromatic rings. The first-order chi connectivity index (χ1) is 16.9. The van der Waals surface area contributed by atoms with Crippen LogP contribution in [0, 0.1) is 12.8 Å². The minimum absolute atomic E-state index is 0.127. The minimum atomic E-state index is -0.756. The maximum atomic E-state index is 11.4. The molecule has 0 spiro atoms. The quantitative estimate of drug-likeness (QED) is 0.435. The Balaban J connectivity index is 1.45. The van der Waals surface area contributed by atoms with Crippen molar-refractivity contribution in [1.29, 1.82) is 0 Å². The lowest BCUT2D eigenvalue weighted by Gasteiger charge is -2.27. The molecule has 3 heterocycles. The van der Waals surface area contributed by atoms with Crippen LogP contribution < -0.4 is 10.1 Å². The van der Waals surface area contributed by atoms with Crippen molar-refractivity contribution in [2.24, 2.45) is 13.0 Å². The lowest BCUT2D eigenvalue weighted by Crippen LogP contribution is -2.29. The van der Waals surface area contributed by atoms with Crippen LogP contribution in [0.4, 0.5) is 5.95 Å². The van der Waals surface area contributed by atoms with Crippen molar-refractivity contribution < 1.29 is 23.9 Å². The second-order valence-electron chi connectivity index (χ2n) is 8.67. The van der Waals surface area contributed by atoms with E-state index in [2.05, 4.69) is 25.8 Å². The number of carboxylic acids is 1. The maximum absolute atomic E-state index is 11.4. The molecule has 0 bridgehead atoms. The van der Waals surface area contributed by atoms with Gasteiger partial charge in [-0.2, -0.15) is 4.98 Å². The van der Waals surface area contributed by atoms with Crippen LogP contribution in [0.3, 0.4) is 0 Å². The van der Waals surface area contributed by atoms with E-state index in [9.17, 15) is 9.90 Å². The van der Waals surface area contributed by atoms with Crippen LogP contribution in [0.2, 0.25) is 0 Å². The second-order valence-corrected chi connectivity index (χ2v) is 8.67. The largest absolute Gasteiger partial charge is 0.489 e. The van der Waals surface area contributed by atoms with Crippen LogP contribution in [0.15, 0.2) is 16.7 Å². The molecular formula is C23H31N7O5. The van der Waals surface area contributed by atoms with Crippen molar-refractivity contribution in [2.75, 3.05) is 12.4 Å². The number of ether oxygens (including phenoxy) is 2. The third kappa shape index (κ3) is 5.59. The zero-order valence-corrected chi connectivity index (χ0v) is 20.4. The number of carbonyl (C=O) groups is 1. The Morgan fingerprint density at radius 3 is 2.89 bits per heavy atom. The normalized spacial score (nSPS) is 18.9. The van der Waals surface area contributed by atoms with E-state index >= 15 is 0 Å². The van der Waals surface area contributed by atoms with Gasteiger partial charge in [0.1, 0.15) is 17.5 Å². The molecule has 4 rings (SSSR count). The van der Waals surface area contributed by atoms with Gasteiger partial charge in [-0.05, 0) is 56.3 Å². The Kier molecular flexibility index (Phi) is 7.59. The Hall–Kier alpha value is -3.54. The fourth-order valence-electron chi connectivity index (χ4n) is 4.28. The van der Waals surface area contributed by atoms with Crippen molar-refractivity contribution in [3.05, 3.63) is 29.4 Å². The van der Waals surface area contributed by atoms with Crippen LogP contribution in [-0.2, 0) is 23.1 Å². The highest BCUT2D eigenvalue weighted by atomic mass is 16.5. The summed E-state index contributed by atoms with van der Waals surface area (Å²) in [7, 11) is 3.41. The number of aryl methyl sites for hydroxylation is 2. The van der Waals surface area contributed by atoms with Gasteiger partial charge in [0, 0.05) is 14.2 Å². The fraction of sp³-hybridized carbons (Fsp3) is 0.565. The summed E-state index contributed by atoms with van der Waals surface area (Å²) < 4.78 is 18.4. The van der Waals surface area contributed by atoms with Gasteiger partial charge in [-0.25, -0.2) is 9.67 Å². The third-order valence-corrected chi connectivity index (χ3v) is 6.28. The number of carboxylic acid groups (broad SMARTS) is 1. The first kappa shape index (κ1) is 24.6. The SMILES string of the molecule is CCC(OC)c1nc(NCc2c(-c3ccc(OC4CCC[C@H](C(=O)O)C4)c(C)n3)nnn2C)no1. The smallest absolute Gasteiger partial charge is 0.306 e. The molecule has 3 aromatic heterocycles. The summed E-state index contributed by atoms with van der Waals surface area (Å²) in [6.45, 7) is 4.21. The van der Waals surface area contributed by atoms with E-state index in [4.69, 9.17) is 19.0 Å². The topological polar surface area (TPSA) is 150 Å². The van der Waals surface area contributed by atoms with Crippen LogP contribution in [-0.4, -0.2) is 54.4 Å². The average molecular weight is 486 g/mol. The summed E-state index contributed by atoms with van der Waals surface area (Å²) in [6, 6.07) is 3.69. The van der Waals surface area contributed by atoms with Crippen molar-refractivity contribution in [1.82, 2.24) is 30.1 Å². The van der Waals surface area contributed by atoms with Gasteiger partial charge in [0.25, 0.3) is 11.8 Å². The predicted molar refractivity (Wildman–Crippen MR) is 125 cm³/mol. The molecule has 1 saturated carbocycles. The third-order valence-electron chi connectivity index (χ3n) is 6.28. The first-order valence-electron chi connectivity index (χ1n) is 11.8. The molecule has 0 amide bonds. The molecule has 12 heteroatoms. The number of nitrogens with one attached hydrogen (secondary N) is 1. The molecule has 1 aliphatic rings. The Labute approximate surface area is 203 Å². The predicted octanol–water partition coefficient (Wildman–Crippen LogP) is 3.30. The molecular weight excluding hydrogens is 454 g/mol. The Morgan fingerprint density at radius 1 is 1.34 bits per heavy atom. The van der Waals surface area contributed by atoms with E-state index in [0.29, 0.717) is 54.1 Å². The number of nitrogens with zero attached hydrogens (tertiary/aromatic N) is 6. The van der Waals surface area contributed by atoms with Crippen LogP contribution in [0.1, 0.15) is 62.4 Å². The lowest BCUT2D eigenvalue weighted by atomic mass is 9.87. The molecule has 3 atom stereocenters. The van der Waals surface area contributed by atoms with Gasteiger partial charge in [-0.1, -0.05) is 12.1 Å². The number of methoxy groups -OCH3 is 1. The van der Waals surface area contributed by atoms with Gasteiger partial charge in [0.05, 0.1) is 35.6 Å². The van der Waals surface area contributed by atoms with E-state index in [-0.39, 0.29) is 18.1 Å². The van der Waals surface area contributed by atoms with Crippen molar-refractivity contribution >= 4 is 11.9 Å². The van der Waals surface area contributed by atoms with Gasteiger partial charge in [-0.15, -0.1) is 5.10 Å². The van der Waals surface area contributed by atoms with E-state index in [1.54, 1.807) is 18.8 Å².